The Balaban J connectivity index is 2.16. The first-order valence-corrected chi connectivity index (χ1v) is 8.34. The third kappa shape index (κ3) is 3.27. The van der Waals surface area contributed by atoms with Gasteiger partial charge in [0.15, 0.2) is 0 Å². The first-order chi connectivity index (χ1) is 10.2. The average Bonchev–Trinajstić information content (AvgIpc) is 2.48. The summed E-state index contributed by atoms with van der Waals surface area (Å²) in [6, 6.07) is 2.35. The van der Waals surface area contributed by atoms with Crippen LogP contribution in [0.2, 0.25) is 0 Å². The highest BCUT2D eigenvalue weighted by molar-refractivity contribution is 7.89. The summed E-state index contributed by atoms with van der Waals surface area (Å²) in [6.45, 7) is 0.227. The van der Waals surface area contributed by atoms with Crippen molar-refractivity contribution in [2.75, 3.05) is 27.2 Å². The second-order valence-corrected chi connectivity index (χ2v) is 7.39. The lowest BCUT2D eigenvalue weighted by atomic mass is 9.97. The molecule has 0 aliphatic carbocycles. The highest BCUT2D eigenvalue weighted by atomic mass is 32.2. The van der Waals surface area contributed by atoms with Crippen molar-refractivity contribution in [1.82, 2.24) is 9.21 Å². The minimum Gasteiger partial charge on any atom is -0.349 e. The van der Waals surface area contributed by atoms with Gasteiger partial charge in [-0.05, 0) is 31.0 Å². The number of piperidine rings is 1. The van der Waals surface area contributed by atoms with E-state index in [0.29, 0.717) is 18.9 Å². The second kappa shape index (κ2) is 6.29. The second-order valence-electron chi connectivity index (χ2n) is 5.49. The average molecular weight is 332 g/mol. The number of carbonyl (C=O) groups is 1. The van der Waals surface area contributed by atoms with E-state index in [2.05, 4.69) is 0 Å². The van der Waals surface area contributed by atoms with Gasteiger partial charge in [0.05, 0.1) is 0 Å². The Bertz CT molecular complexity index is 669. The number of benzene rings is 1. The number of amides is 1. The van der Waals surface area contributed by atoms with Crippen molar-refractivity contribution in [2.24, 2.45) is 5.92 Å². The van der Waals surface area contributed by atoms with Crippen molar-refractivity contribution in [1.29, 1.82) is 0 Å². The van der Waals surface area contributed by atoms with E-state index in [9.17, 15) is 22.0 Å². The van der Waals surface area contributed by atoms with Crippen LogP contribution in [0.1, 0.15) is 12.8 Å². The summed E-state index contributed by atoms with van der Waals surface area (Å²) in [7, 11) is -0.798. The summed E-state index contributed by atoms with van der Waals surface area (Å²) >= 11 is 0. The molecule has 1 fully saturated rings. The highest BCUT2D eigenvalue weighted by Gasteiger charge is 2.34. The first-order valence-electron chi connectivity index (χ1n) is 6.90. The third-order valence-electron chi connectivity index (χ3n) is 3.76. The summed E-state index contributed by atoms with van der Waals surface area (Å²) in [5.74, 6) is -2.07. The van der Waals surface area contributed by atoms with E-state index >= 15 is 0 Å². The van der Waals surface area contributed by atoms with Gasteiger partial charge in [-0.2, -0.15) is 4.31 Å². The van der Waals surface area contributed by atoms with E-state index in [4.69, 9.17) is 0 Å². The van der Waals surface area contributed by atoms with Crippen LogP contribution in [-0.2, 0) is 14.8 Å². The molecule has 1 amide bonds. The Morgan fingerprint density at radius 2 is 1.82 bits per heavy atom. The van der Waals surface area contributed by atoms with Crippen LogP contribution < -0.4 is 0 Å². The molecule has 2 rings (SSSR count). The van der Waals surface area contributed by atoms with Gasteiger partial charge in [-0.15, -0.1) is 0 Å². The fourth-order valence-electron chi connectivity index (χ4n) is 2.52. The molecular formula is C14H18F2N2O3S. The van der Waals surface area contributed by atoms with E-state index < -0.39 is 26.6 Å². The molecule has 0 saturated carbocycles. The number of nitrogens with zero attached hydrogens (tertiary/aromatic N) is 2. The zero-order chi connectivity index (χ0) is 16.5. The molecule has 1 aromatic carbocycles. The van der Waals surface area contributed by atoms with Gasteiger partial charge in [0.2, 0.25) is 15.9 Å². The monoisotopic (exact) mass is 332 g/mol. The van der Waals surface area contributed by atoms with Gasteiger partial charge in [0, 0.05) is 33.1 Å². The minimum absolute atomic E-state index is 0.0472. The van der Waals surface area contributed by atoms with Crippen LogP contribution in [0.15, 0.2) is 23.1 Å². The van der Waals surface area contributed by atoms with Crippen molar-refractivity contribution >= 4 is 15.9 Å². The molecule has 1 aliphatic rings. The van der Waals surface area contributed by atoms with Gasteiger partial charge < -0.3 is 4.90 Å². The lowest BCUT2D eigenvalue weighted by molar-refractivity contribution is -0.134. The Hall–Kier alpha value is -1.54. The maximum Gasteiger partial charge on any atom is 0.246 e. The predicted octanol–water partition coefficient (Wildman–Crippen LogP) is 1.45. The number of carbonyl (C=O) groups excluding carboxylic acids is 1. The van der Waals surface area contributed by atoms with E-state index in [1.165, 1.54) is 4.90 Å². The van der Waals surface area contributed by atoms with Crippen LogP contribution >= 0.6 is 0 Å². The van der Waals surface area contributed by atoms with E-state index in [1.54, 1.807) is 14.1 Å². The smallest absolute Gasteiger partial charge is 0.246 e. The molecule has 0 atom stereocenters. The largest absolute Gasteiger partial charge is 0.349 e. The van der Waals surface area contributed by atoms with Gasteiger partial charge in [0.1, 0.15) is 16.5 Å². The molecule has 8 heteroatoms. The lowest BCUT2D eigenvalue weighted by Crippen LogP contribution is -2.42. The molecule has 5 nitrogen and oxygen atoms in total. The zero-order valence-corrected chi connectivity index (χ0v) is 13.2. The molecular weight excluding hydrogens is 314 g/mol. The number of hydrogen-bond donors (Lipinski definition) is 0. The minimum atomic E-state index is -4.09. The summed E-state index contributed by atoms with van der Waals surface area (Å²) in [5.41, 5.74) is 0. The fourth-order valence-corrected chi connectivity index (χ4v) is 4.07. The van der Waals surface area contributed by atoms with Gasteiger partial charge in [-0.25, -0.2) is 17.2 Å². The molecule has 0 N–H and O–H groups in total. The SMILES string of the molecule is CN(C)C(=O)C1CCN(S(=O)(=O)c2cc(F)ccc2F)CC1. The standard InChI is InChI=1S/C14H18F2N2O3S/c1-17(2)14(19)10-5-7-18(8-6-10)22(20,21)13-9-11(15)3-4-12(13)16/h3-4,9-10H,5-8H2,1-2H3. The van der Waals surface area contributed by atoms with Crippen molar-refractivity contribution in [3.63, 3.8) is 0 Å². The molecule has 1 saturated heterocycles. The highest BCUT2D eigenvalue weighted by Crippen LogP contribution is 2.26. The molecule has 1 aliphatic heterocycles. The van der Waals surface area contributed by atoms with E-state index in [-0.39, 0.29) is 24.9 Å². The topological polar surface area (TPSA) is 57.7 Å². The molecule has 0 bridgehead atoms. The van der Waals surface area contributed by atoms with Crippen LogP contribution in [0.4, 0.5) is 8.78 Å². The van der Waals surface area contributed by atoms with Gasteiger partial charge in [-0.3, -0.25) is 4.79 Å². The van der Waals surface area contributed by atoms with Crippen LogP contribution in [0.5, 0.6) is 0 Å². The van der Waals surface area contributed by atoms with E-state index in [0.717, 1.165) is 16.4 Å². The molecule has 22 heavy (non-hydrogen) atoms. The predicted molar refractivity (Wildman–Crippen MR) is 76.5 cm³/mol. The molecule has 0 spiro atoms. The van der Waals surface area contributed by atoms with E-state index in [1.807, 2.05) is 0 Å². The molecule has 1 heterocycles. The third-order valence-corrected chi connectivity index (χ3v) is 5.67. The first kappa shape index (κ1) is 16.8. The Kier molecular flexibility index (Phi) is 4.81. The Morgan fingerprint density at radius 3 is 2.36 bits per heavy atom. The van der Waals surface area contributed by atoms with Crippen molar-refractivity contribution in [3.8, 4) is 0 Å². The van der Waals surface area contributed by atoms with Crippen molar-refractivity contribution in [3.05, 3.63) is 29.8 Å². The van der Waals surface area contributed by atoms with Crippen molar-refractivity contribution < 1.29 is 22.0 Å². The number of rotatable bonds is 3. The summed E-state index contributed by atoms with van der Waals surface area (Å²) in [4.78, 5) is 12.7. The number of halogens is 2. The van der Waals surface area contributed by atoms with Crippen LogP contribution in [-0.4, -0.2) is 50.7 Å². The van der Waals surface area contributed by atoms with Crippen LogP contribution in [0.25, 0.3) is 0 Å². The molecule has 0 radical (unpaired) electrons. The Labute approximate surface area is 128 Å². The quantitative estimate of drug-likeness (QED) is 0.842. The molecule has 0 aromatic heterocycles. The normalized spacial score (nSPS) is 17.5. The van der Waals surface area contributed by atoms with Crippen molar-refractivity contribution in [2.45, 2.75) is 17.7 Å². The zero-order valence-electron chi connectivity index (χ0n) is 12.4. The summed E-state index contributed by atoms with van der Waals surface area (Å²) in [5, 5.41) is 0. The fraction of sp³-hybridized carbons (Fsp3) is 0.500. The van der Waals surface area contributed by atoms with Gasteiger partial charge in [0.25, 0.3) is 0 Å². The van der Waals surface area contributed by atoms with Gasteiger partial charge in [-0.1, -0.05) is 0 Å². The number of hydrogen-bond acceptors (Lipinski definition) is 3. The maximum atomic E-state index is 13.7. The summed E-state index contributed by atoms with van der Waals surface area (Å²) in [6.07, 6.45) is 0.736. The molecule has 122 valence electrons. The maximum absolute atomic E-state index is 13.7. The molecule has 1 aromatic rings. The Morgan fingerprint density at radius 1 is 1.23 bits per heavy atom. The molecule has 0 unspecified atom stereocenters. The number of sulfonamides is 1. The summed E-state index contributed by atoms with van der Waals surface area (Å²) < 4.78 is 52.8. The van der Waals surface area contributed by atoms with Crippen LogP contribution in [0.3, 0.4) is 0 Å². The lowest BCUT2D eigenvalue weighted by Gasteiger charge is -2.31. The van der Waals surface area contributed by atoms with Crippen LogP contribution in [0, 0.1) is 17.6 Å². The van der Waals surface area contributed by atoms with Gasteiger partial charge >= 0.3 is 0 Å².